The van der Waals surface area contributed by atoms with E-state index in [2.05, 4.69) is 10.3 Å². The van der Waals surface area contributed by atoms with Gasteiger partial charge in [0.05, 0.1) is 7.11 Å². The molecule has 1 amide bonds. The highest BCUT2D eigenvalue weighted by Crippen LogP contribution is 2.28. The number of hydrogen-bond acceptors (Lipinski definition) is 9. The molecule has 1 fully saturated rings. The molecule has 1 aromatic heterocycles. The van der Waals surface area contributed by atoms with Gasteiger partial charge < -0.3 is 29.7 Å². The number of aliphatic hydroxyl groups excluding tert-OH is 2. The summed E-state index contributed by atoms with van der Waals surface area (Å²) in [5.74, 6) is -0.320. The Balaban J connectivity index is 1.67. The van der Waals surface area contributed by atoms with E-state index in [9.17, 15) is 24.6 Å². The van der Waals surface area contributed by atoms with Crippen molar-refractivity contribution in [3.63, 3.8) is 0 Å². The Hall–Kier alpha value is -3.28. The fourth-order valence-electron chi connectivity index (χ4n) is 3.15. The van der Waals surface area contributed by atoms with Crippen molar-refractivity contribution in [1.29, 1.82) is 0 Å². The maximum absolute atomic E-state index is 12.5. The minimum atomic E-state index is -1.44. The van der Waals surface area contributed by atoms with Gasteiger partial charge in [-0.15, -0.1) is 0 Å². The summed E-state index contributed by atoms with van der Waals surface area (Å²) in [6.07, 6.45) is -2.92. The number of ether oxygens (including phenoxy) is 3. The largest absolute Gasteiger partial charge is 0.497 e. The van der Waals surface area contributed by atoms with Gasteiger partial charge in [-0.3, -0.25) is 14.2 Å². The van der Waals surface area contributed by atoms with Crippen LogP contribution in [0, 0.1) is 0 Å². The summed E-state index contributed by atoms with van der Waals surface area (Å²) >= 11 is 0. The first-order valence-corrected chi connectivity index (χ1v) is 10.1. The van der Waals surface area contributed by atoms with Crippen molar-refractivity contribution in [3.05, 3.63) is 52.6 Å². The molecule has 0 aliphatic carbocycles. The number of benzene rings is 1. The van der Waals surface area contributed by atoms with Gasteiger partial charge in [-0.05, 0) is 36.8 Å². The van der Waals surface area contributed by atoms with Crippen molar-refractivity contribution >= 4 is 17.7 Å². The molecule has 1 aromatic carbocycles. The summed E-state index contributed by atoms with van der Waals surface area (Å²) in [5, 5.41) is 23.0. The van der Waals surface area contributed by atoms with E-state index in [1.54, 1.807) is 24.3 Å². The lowest BCUT2D eigenvalue weighted by Crippen LogP contribution is -2.36. The first-order valence-electron chi connectivity index (χ1n) is 10.1. The highest BCUT2D eigenvalue weighted by Gasteiger charge is 2.44. The number of carbonyl (C=O) groups is 2. The van der Waals surface area contributed by atoms with Crippen molar-refractivity contribution in [1.82, 2.24) is 9.55 Å². The lowest BCUT2D eigenvalue weighted by Gasteiger charge is -2.17. The molecule has 2 aromatic rings. The smallest absolute Gasteiger partial charge is 0.351 e. The molecule has 11 nitrogen and oxygen atoms in total. The second-order valence-electron chi connectivity index (χ2n) is 7.16. The van der Waals surface area contributed by atoms with Crippen LogP contribution in [0.5, 0.6) is 5.75 Å². The topological polar surface area (TPSA) is 149 Å². The molecule has 3 rings (SSSR count). The minimum absolute atomic E-state index is 0.00477. The number of esters is 1. The van der Waals surface area contributed by atoms with E-state index in [-0.39, 0.29) is 18.8 Å². The Bertz CT molecular complexity index is 1010. The molecular formula is C21H25N3O8. The van der Waals surface area contributed by atoms with Gasteiger partial charge in [-0.2, -0.15) is 4.98 Å². The van der Waals surface area contributed by atoms with E-state index < -0.39 is 42.1 Å². The molecule has 0 unspecified atom stereocenters. The van der Waals surface area contributed by atoms with Crippen molar-refractivity contribution < 1.29 is 34.0 Å². The monoisotopic (exact) mass is 447 g/mol. The second kappa shape index (κ2) is 10.4. The number of methoxy groups -OCH3 is 1. The molecule has 4 atom stereocenters. The number of anilines is 1. The predicted octanol–water partition coefficient (Wildman–Crippen LogP) is 0.467. The van der Waals surface area contributed by atoms with Gasteiger partial charge in [0.15, 0.2) is 6.23 Å². The molecule has 1 aliphatic rings. The van der Waals surface area contributed by atoms with Crippen LogP contribution in [0.25, 0.3) is 0 Å². The molecule has 0 radical (unpaired) electrons. The molecule has 0 spiro atoms. The Labute approximate surface area is 183 Å². The number of hydrogen-bond donors (Lipinski definition) is 3. The van der Waals surface area contributed by atoms with Crippen LogP contribution in [-0.4, -0.2) is 63.7 Å². The Morgan fingerprint density at radius 1 is 1.19 bits per heavy atom. The van der Waals surface area contributed by atoms with Crippen LogP contribution in [0.4, 0.5) is 5.82 Å². The average molecular weight is 447 g/mol. The van der Waals surface area contributed by atoms with E-state index in [1.165, 1.54) is 19.4 Å². The third-order valence-corrected chi connectivity index (χ3v) is 4.90. The van der Waals surface area contributed by atoms with E-state index >= 15 is 0 Å². The molecule has 1 saturated heterocycles. The van der Waals surface area contributed by atoms with Crippen molar-refractivity contribution in [2.75, 3.05) is 19.0 Å². The van der Waals surface area contributed by atoms with Crippen LogP contribution in [0.1, 0.15) is 36.4 Å². The van der Waals surface area contributed by atoms with Crippen LogP contribution in [0.15, 0.2) is 41.3 Å². The average Bonchev–Trinajstić information content (AvgIpc) is 3.06. The molecule has 32 heavy (non-hydrogen) atoms. The normalized spacial score (nSPS) is 22.4. The number of carbonyl (C=O) groups excluding carboxylic acids is 2. The first kappa shape index (κ1) is 23.4. The maximum atomic E-state index is 12.5. The Morgan fingerprint density at radius 3 is 2.53 bits per heavy atom. The van der Waals surface area contributed by atoms with Gasteiger partial charge in [-0.1, -0.05) is 6.92 Å². The lowest BCUT2D eigenvalue weighted by molar-refractivity contribution is -0.150. The van der Waals surface area contributed by atoms with Gasteiger partial charge in [0.2, 0.25) is 0 Å². The summed E-state index contributed by atoms with van der Waals surface area (Å²) in [7, 11) is 1.51. The molecule has 1 aliphatic heterocycles. The van der Waals surface area contributed by atoms with Gasteiger partial charge in [-0.25, -0.2) is 4.79 Å². The third kappa shape index (κ3) is 5.31. The van der Waals surface area contributed by atoms with Gasteiger partial charge in [0.1, 0.15) is 36.5 Å². The van der Waals surface area contributed by atoms with Gasteiger partial charge >= 0.3 is 11.7 Å². The van der Waals surface area contributed by atoms with Gasteiger partial charge in [0.25, 0.3) is 5.91 Å². The van der Waals surface area contributed by atoms with E-state index in [0.717, 1.165) is 4.57 Å². The zero-order valence-corrected chi connectivity index (χ0v) is 17.6. The number of aromatic nitrogens is 2. The molecule has 0 saturated carbocycles. The van der Waals surface area contributed by atoms with Crippen LogP contribution in [0.3, 0.4) is 0 Å². The second-order valence-corrected chi connectivity index (χ2v) is 7.16. The first-order chi connectivity index (χ1) is 15.3. The van der Waals surface area contributed by atoms with Crippen molar-refractivity contribution in [3.8, 4) is 5.75 Å². The Morgan fingerprint density at radius 2 is 1.91 bits per heavy atom. The van der Waals surface area contributed by atoms with Crippen LogP contribution >= 0.6 is 0 Å². The van der Waals surface area contributed by atoms with Crippen molar-refractivity contribution in [2.45, 2.75) is 44.3 Å². The van der Waals surface area contributed by atoms with Crippen LogP contribution in [0.2, 0.25) is 0 Å². The number of amides is 1. The molecule has 172 valence electrons. The number of nitrogens with one attached hydrogen (secondary N) is 1. The third-order valence-electron chi connectivity index (χ3n) is 4.90. The Kier molecular flexibility index (Phi) is 7.57. The SMILES string of the molecule is CCCC(=O)OC[C@H]1O[C@@H](n2ccc(NC(=O)c3ccc(OC)cc3)nc2=O)[C@H](O)[C@@H]1O. The summed E-state index contributed by atoms with van der Waals surface area (Å²) in [4.78, 5) is 40.1. The summed E-state index contributed by atoms with van der Waals surface area (Å²) < 4.78 is 16.6. The maximum Gasteiger partial charge on any atom is 0.351 e. The van der Waals surface area contributed by atoms with Gasteiger partial charge in [0, 0.05) is 18.2 Å². The standard InChI is InChI=1S/C21H25N3O8/c1-3-4-16(25)31-11-14-17(26)18(27)20(32-14)24-10-9-15(23-21(24)29)22-19(28)12-5-7-13(30-2)8-6-12/h5-10,14,17-18,20,26-27H,3-4,11H2,1-2H3,(H,22,23,28,29)/t14-,17-,18-,20-/m1/s1. The zero-order valence-electron chi connectivity index (χ0n) is 17.6. The number of aliphatic hydroxyl groups is 2. The summed E-state index contributed by atoms with van der Waals surface area (Å²) in [6, 6.07) is 7.74. The fraction of sp³-hybridized carbons (Fsp3) is 0.429. The molecule has 11 heteroatoms. The van der Waals surface area contributed by atoms with Crippen LogP contribution in [-0.2, 0) is 14.3 Å². The highest BCUT2D eigenvalue weighted by molar-refractivity contribution is 6.03. The molecule has 3 N–H and O–H groups in total. The summed E-state index contributed by atoms with van der Waals surface area (Å²) in [5.41, 5.74) is -0.465. The fourth-order valence-corrected chi connectivity index (χ4v) is 3.15. The van der Waals surface area contributed by atoms with E-state index in [4.69, 9.17) is 14.2 Å². The zero-order chi connectivity index (χ0) is 23.3. The van der Waals surface area contributed by atoms with Crippen molar-refractivity contribution in [2.24, 2.45) is 0 Å². The predicted molar refractivity (Wildman–Crippen MR) is 111 cm³/mol. The molecule has 0 bridgehead atoms. The molecule has 2 heterocycles. The number of rotatable bonds is 8. The summed E-state index contributed by atoms with van der Waals surface area (Å²) in [6.45, 7) is 1.57. The lowest BCUT2D eigenvalue weighted by atomic mass is 10.1. The molecular weight excluding hydrogens is 422 g/mol. The van der Waals surface area contributed by atoms with E-state index in [1.807, 2.05) is 6.92 Å². The quantitative estimate of drug-likeness (QED) is 0.491. The highest BCUT2D eigenvalue weighted by atomic mass is 16.6. The number of nitrogens with zero attached hydrogens (tertiary/aromatic N) is 2. The van der Waals surface area contributed by atoms with Crippen LogP contribution < -0.4 is 15.7 Å². The van der Waals surface area contributed by atoms with E-state index in [0.29, 0.717) is 17.7 Å². The minimum Gasteiger partial charge on any atom is -0.497 e.